The van der Waals surface area contributed by atoms with Gasteiger partial charge in [0.25, 0.3) is 0 Å². The molecule has 0 fully saturated rings. The van der Waals surface area contributed by atoms with Crippen LogP contribution in [0.5, 0.6) is 0 Å². The summed E-state index contributed by atoms with van der Waals surface area (Å²) in [5, 5.41) is 17.4. The largest absolute Gasteiger partial charge is 0.481 e. The summed E-state index contributed by atoms with van der Waals surface area (Å²) in [6.45, 7) is 0. The Balaban J connectivity index is 2.01. The van der Waals surface area contributed by atoms with Crippen LogP contribution >= 0.6 is 23.2 Å². The molecule has 0 aliphatic rings. The highest BCUT2D eigenvalue weighted by atomic mass is 35.5. The lowest BCUT2D eigenvalue weighted by Gasteiger charge is -1.99. The normalized spacial score (nSPS) is 10.7. The molecule has 0 saturated carbocycles. The number of carbonyl (C=O) groups is 1. The fourth-order valence-electron chi connectivity index (χ4n) is 1.68. The summed E-state index contributed by atoms with van der Waals surface area (Å²) in [7, 11) is 0. The smallest absolute Gasteiger partial charge is 0.303 e. The van der Waals surface area contributed by atoms with Gasteiger partial charge in [-0.3, -0.25) is 4.79 Å². The van der Waals surface area contributed by atoms with E-state index in [0.29, 0.717) is 46.7 Å². The Morgan fingerprint density at radius 3 is 2.80 bits per heavy atom. The lowest BCUT2D eigenvalue weighted by molar-refractivity contribution is -0.137. The van der Waals surface area contributed by atoms with Gasteiger partial charge in [0.05, 0.1) is 10.6 Å². The van der Waals surface area contributed by atoms with Crippen LogP contribution in [0, 0.1) is 0 Å². The van der Waals surface area contributed by atoms with Gasteiger partial charge in [0.2, 0.25) is 11.8 Å². The predicted molar refractivity (Wildman–Crippen MR) is 74.9 cm³/mol. The van der Waals surface area contributed by atoms with E-state index in [4.69, 9.17) is 32.7 Å². The molecule has 0 spiro atoms. The number of carboxylic acid groups (broad SMARTS) is 1. The van der Waals surface area contributed by atoms with Crippen LogP contribution in [0.3, 0.4) is 0 Å². The number of benzene rings is 1. The predicted octanol–water partition coefficient (Wildman–Crippen LogP) is 3.84. The number of unbranched alkanes of at least 4 members (excludes halogenated alkanes) is 1. The zero-order valence-electron chi connectivity index (χ0n) is 10.5. The molecule has 1 aromatic heterocycles. The van der Waals surface area contributed by atoms with E-state index in [2.05, 4.69) is 10.2 Å². The first kappa shape index (κ1) is 14.8. The molecule has 2 aromatic rings. The molecular formula is C13H12Cl2N2O3. The molecule has 1 aromatic carbocycles. The molecule has 106 valence electrons. The van der Waals surface area contributed by atoms with E-state index in [9.17, 15) is 4.79 Å². The molecule has 0 amide bonds. The maximum atomic E-state index is 10.4. The summed E-state index contributed by atoms with van der Waals surface area (Å²) in [5.41, 5.74) is 0.587. The van der Waals surface area contributed by atoms with Crippen LogP contribution < -0.4 is 0 Å². The Bertz CT molecular complexity index is 613. The van der Waals surface area contributed by atoms with E-state index in [1.54, 1.807) is 18.2 Å². The van der Waals surface area contributed by atoms with E-state index in [0.717, 1.165) is 0 Å². The van der Waals surface area contributed by atoms with Crippen LogP contribution in [0.4, 0.5) is 0 Å². The lowest BCUT2D eigenvalue weighted by Crippen LogP contribution is -1.95. The molecule has 1 N–H and O–H groups in total. The van der Waals surface area contributed by atoms with Crippen LogP contribution in [-0.4, -0.2) is 21.3 Å². The molecule has 2 rings (SSSR count). The van der Waals surface area contributed by atoms with Crippen molar-refractivity contribution in [2.75, 3.05) is 0 Å². The first-order valence-electron chi connectivity index (χ1n) is 6.06. The van der Waals surface area contributed by atoms with Crippen molar-refractivity contribution >= 4 is 29.2 Å². The van der Waals surface area contributed by atoms with Gasteiger partial charge in [0, 0.05) is 17.9 Å². The van der Waals surface area contributed by atoms with Gasteiger partial charge in [-0.2, -0.15) is 0 Å². The van der Waals surface area contributed by atoms with E-state index in [-0.39, 0.29) is 6.42 Å². The molecule has 0 saturated heterocycles. The fourth-order valence-corrected chi connectivity index (χ4v) is 2.05. The highest BCUT2D eigenvalue weighted by Crippen LogP contribution is 2.29. The highest BCUT2D eigenvalue weighted by Gasteiger charge is 2.12. The molecule has 20 heavy (non-hydrogen) atoms. The standard InChI is InChI=1S/C13H12Cl2N2O3/c14-8-5-6-10(15)9(7-8)13-17-16-11(20-13)3-1-2-4-12(18)19/h5-7H,1-4H2,(H,18,19). The summed E-state index contributed by atoms with van der Waals surface area (Å²) in [6, 6.07) is 5.00. The van der Waals surface area contributed by atoms with Crippen molar-refractivity contribution in [3.05, 3.63) is 34.1 Å². The van der Waals surface area contributed by atoms with Crippen LogP contribution in [0.2, 0.25) is 10.0 Å². The first-order valence-corrected chi connectivity index (χ1v) is 6.81. The first-order chi connectivity index (χ1) is 9.56. The number of aliphatic carboxylic acids is 1. The van der Waals surface area contributed by atoms with E-state index < -0.39 is 5.97 Å². The zero-order chi connectivity index (χ0) is 14.5. The average molecular weight is 315 g/mol. The molecule has 0 aliphatic carbocycles. The molecule has 0 unspecified atom stereocenters. The van der Waals surface area contributed by atoms with Crippen molar-refractivity contribution in [1.29, 1.82) is 0 Å². The second kappa shape index (κ2) is 6.72. The number of hydrogen-bond donors (Lipinski definition) is 1. The maximum absolute atomic E-state index is 10.4. The maximum Gasteiger partial charge on any atom is 0.303 e. The van der Waals surface area contributed by atoms with Crippen LogP contribution in [0.25, 0.3) is 11.5 Å². The summed E-state index contributed by atoms with van der Waals surface area (Å²) in [5.74, 6) is -0.0332. The summed E-state index contributed by atoms with van der Waals surface area (Å²) < 4.78 is 5.50. The molecule has 0 aliphatic heterocycles. The molecule has 1 heterocycles. The number of carboxylic acids is 1. The molecule has 0 radical (unpaired) electrons. The Kier molecular flexibility index (Phi) is 4.98. The highest BCUT2D eigenvalue weighted by molar-refractivity contribution is 6.35. The lowest BCUT2D eigenvalue weighted by atomic mass is 10.2. The van der Waals surface area contributed by atoms with Crippen molar-refractivity contribution in [3.8, 4) is 11.5 Å². The van der Waals surface area contributed by atoms with Gasteiger partial charge in [-0.25, -0.2) is 0 Å². The minimum absolute atomic E-state index is 0.140. The molecule has 0 bridgehead atoms. The minimum Gasteiger partial charge on any atom is -0.481 e. The van der Waals surface area contributed by atoms with Crippen molar-refractivity contribution in [2.24, 2.45) is 0 Å². The van der Waals surface area contributed by atoms with Crippen LogP contribution in [-0.2, 0) is 11.2 Å². The molecule has 7 heteroatoms. The molecule has 0 atom stereocenters. The fraction of sp³-hybridized carbons (Fsp3) is 0.308. The van der Waals surface area contributed by atoms with E-state index >= 15 is 0 Å². The Morgan fingerprint density at radius 2 is 2.05 bits per heavy atom. The topological polar surface area (TPSA) is 76.2 Å². The van der Waals surface area contributed by atoms with Crippen molar-refractivity contribution < 1.29 is 14.3 Å². The minimum atomic E-state index is -0.804. The quantitative estimate of drug-likeness (QED) is 0.820. The zero-order valence-corrected chi connectivity index (χ0v) is 12.0. The average Bonchev–Trinajstić information content (AvgIpc) is 2.86. The van der Waals surface area contributed by atoms with Crippen molar-refractivity contribution in [2.45, 2.75) is 25.7 Å². The van der Waals surface area contributed by atoms with Crippen molar-refractivity contribution in [3.63, 3.8) is 0 Å². The second-order valence-corrected chi connectivity index (χ2v) is 5.07. The Labute approximate surface area is 125 Å². The van der Waals surface area contributed by atoms with Crippen LogP contribution in [0.1, 0.15) is 25.2 Å². The summed E-state index contributed by atoms with van der Waals surface area (Å²) >= 11 is 12.0. The van der Waals surface area contributed by atoms with Gasteiger partial charge in [-0.15, -0.1) is 10.2 Å². The third kappa shape index (κ3) is 3.95. The number of nitrogens with zero attached hydrogens (tertiary/aromatic N) is 2. The third-order valence-corrected chi connectivity index (χ3v) is 3.22. The van der Waals surface area contributed by atoms with Gasteiger partial charge in [0.15, 0.2) is 0 Å². The number of rotatable bonds is 6. The SMILES string of the molecule is O=C(O)CCCCc1nnc(-c2cc(Cl)ccc2Cl)o1. The summed E-state index contributed by atoms with van der Waals surface area (Å²) in [4.78, 5) is 10.4. The number of aryl methyl sites for hydroxylation is 1. The monoisotopic (exact) mass is 314 g/mol. The van der Waals surface area contributed by atoms with Gasteiger partial charge in [-0.05, 0) is 31.0 Å². The van der Waals surface area contributed by atoms with Gasteiger partial charge < -0.3 is 9.52 Å². The second-order valence-electron chi connectivity index (χ2n) is 4.23. The van der Waals surface area contributed by atoms with E-state index in [1.165, 1.54) is 0 Å². The Morgan fingerprint density at radius 1 is 1.25 bits per heavy atom. The van der Waals surface area contributed by atoms with Gasteiger partial charge in [0.1, 0.15) is 0 Å². The van der Waals surface area contributed by atoms with Gasteiger partial charge >= 0.3 is 5.97 Å². The number of aromatic nitrogens is 2. The molecular weight excluding hydrogens is 303 g/mol. The number of halogens is 2. The van der Waals surface area contributed by atoms with E-state index in [1.807, 2.05) is 0 Å². The van der Waals surface area contributed by atoms with Crippen molar-refractivity contribution in [1.82, 2.24) is 10.2 Å². The van der Waals surface area contributed by atoms with Crippen LogP contribution in [0.15, 0.2) is 22.6 Å². The summed E-state index contributed by atoms with van der Waals surface area (Å²) in [6.07, 6.45) is 1.93. The Hall–Kier alpha value is -1.59. The van der Waals surface area contributed by atoms with Gasteiger partial charge in [-0.1, -0.05) is 23.2 Å². The molecule has 5 nitrogen and oxygen atoms in total. The number of hydrogen-bond acceptors (Lipinski definition) is 4. The third-order valence-electron chi connectivity index (χ3n) is 2.66.